The van der Waals surface area contributed by atoms with Crippen LogP contribution < -0.4 is 0 Å². The summed E-state index contributed by atoms with van der Waals surface area (Å²) in [5.41, 5.74) is 0. The molecule has 0 aliphatic heterocycles. The van der Waals surface area contributed by atoms with E-state index in [0.717, 1.165) is 23.9 Å². The molecule has 1 aromatic rings. The zero-order valence-electron chi connectivity index (χ0n) is 8.30. The SMILES string of the molecule is CCCSCc1noc(SCC(=O)O)n1. The summed E-state index contributed by atoms with van der Waals surface area (Å²) in [6.45, 7) is 2.11. The molecule has 7 heteroatoms. The Morgan fingerprint density at radius 1 is 1.60 bits per heavy atom. The van der Waals surface area contributed by atoms with Crippen LogP contribution in [0.3, 0.4) is 0 Å². The van der Waals surface area contributed by atoms with Gasteiger partial charge in [-0.25, -0.2) is 0 Å². The third-order valence-corrected chi connectivity index (χ3v) is 3.31. The lowest BCUT2D eigenvalue weighted by molar-refractivity contribution is -0.133. The van der Waals surface area contributed by atoms with E-state index in [2.05, 4.69) is 17.1 Å². The second-order valence-electron chi connectivity index (χ2n) is 2.71. The van der Waals surface area contributed by atoms with E-state index >= 15 is 0 Å². The molecule has 0 amide bonds. The van der Waals surface area contributed by atoms with Crippen molar-refractivity contribution in [3.05, 3.63) is 5.82 Å². The largest absolute Gasteiger partial charge is 0.481 e. The number of carboxylic acid groups (broad SMARTS) is 1. The fourth-order valence-electron chi connectivity index (χ4n) is 0.786. The van der Waals surface area contributed by atoms with Gasteiger partial charge in [-0.1, -0.05) is 23.8 Å². The van der Waals surface area contributed by atoms with E-state index in [4.69, 9.17) is 9.63 Å². The maximum Gasteiger partial charge on any atom is 0.314 e. The van der Waals surface area contributed by atoms with Crippen molar-refractivity contribution in [2.45, 2.75) is 24.3 Å². The molecule has 1 N–H and O–H groups in total. The predicted molar refractivity (Wildman–Crippen MR) is 59.1 cm³/mol. The maximum absolute atomic E-state index is 10.3. The van der Waals surface area contributed by atoms with Gasteiger partial charge >= 0.3 is 5.97 Å². The molecule has 0 aliphatic rings. The van der Waals surface area contributed by atoms with Crippen molar-refractivity contribution >= 4 is 29.5 Å². The highest BCUT2D eigenvalue weighted by atomic mass is 32.2. The van der Waals surface area contributed by atoms with Gasteiger partial charge in [-0.05, 0) is 12.2 Å². The molecular formula is C8H12N2O3S2. The van der Waals surface area contributed by atoms with Crippen molar-refractivity contribution in [1.29, 1.82) is 0 Å². The minimum absolute atomic E-state index is 0.0518. The number of carbonyl (C=O) groups is 1. The van der Waals surface area contributed by atoms with Crippen LogP contribution in [0.1, 0.15) is 19.2 Å². The Morgan fingerprint density at radius 3 is 3.07 bits per heavy atom. The monoisotopic (exact) mass is 248 g/mol. The highest BCUT2D eigenvalue weighted by Crippen LogP contribution is 2.17. The minimum atomic E-state index is -0.889. The fraction of sp³-hybridized carbons (Fsp3) is 0.625. The smallest absolute Gasteiger partial charge is 0.314 e. The summed E-state index contributed by atoms with van der Waals surface area (Å²) < 4.78 is 4.87. The molecule has 0 saturated heterocycles. The number of aromatic nitrogens is 2. The zero-order chi connectivity index (χ0) is 11.1. The number of carboxylic acids is 1. The van der Waals surface area contributed by atoms with Crippen molar-refractivity contribution in [1.82, 2.24) is 10.1 Å². The first-order chi connectivity index (χ1) is 7.22. The molecule has 1 heterocycles. The van der Waals surface area contributed by atoms with E-state index in [-0.39, 0.29) is 5.75 Å². The molecule has 0 radical (unpaired) electrons. The molecular weight excluding hydrogens is 236 g/mol. The highest BCUT2D eigenvalue weighted by molar-refractivity contribution is 7.99. The van der Waals surface area contributed by atoms with E-state index in [1.165, 1.54) is 0 Å². The van der Waals surface area contributed by atoms with Crippen molar-refractivity contribution in [2.24, 2.45) is 0 Å². The molecule has 0 fully saturated rings. The first-order valence-corrected chi connectivity index (χ1v) is 6.61. The summed E-state index contributed by atoms with van der Waals surface area (Å²) in [5.74, 6) is 1.46. The zero-order valence-corrected chi connectivity index (χ0v) is 9.94. The van der Waals surface area contributed by atoms with Crippen molar-refractivity contribution < 1.29 is 14.4 Å². The van der Waals surface area contributed by atoms with Gasteiger partial charge in [0.2, 0.25) is 0 Å². The Labute approximate surface area is 96.0 Å². The van der Waals surface area contributed by atoms with Crippen LogP contribution in [-0.2, 0) is 10.5 Å². The Morgan fingerprint density at radius 2 is 2.40 bits per heavy atom. The molecule has 0 saturated carbocycles. The van der Waals surface area contributed by atoms with Crippen LogP contribution >= 0.6 is 23.5 Å². The minimum Gasteiger partial charge on any atom is -0.481 e. The maximum atomic E-state index is 10.3. The van der Waals surface area contributed by atoms with E-state index in [1.807, 2.05) is 0 Å². The summed E-state index contributed by atoms with van der Waals surface area (Å²) in [6, 6.07) is 0. The fourth-order valence-corrected chi connectivity index (χ4v) is 2.03. The number of thioether (sulfide) groups is 2. The van der Waals surface area contributed by atoms with Crippen LogP contribution in [-0.4, -0.2) is 32.7 Å². The van der Waals surface area contributed by atoms with Crippen molar-refractivity contribution in [3.8, 4) is 0 Å². The van der Waals surface area contributed by atoms with E-state index in [0.29, 0.717) is 16.8 Å². The normalized spacial score (nSPS) is 10.5. The molecule has 0 bridgehead atoms. The molecule has 0 aliphatic carbocycles. The third-order valence-electron chi connectivity index (χ3n) is 1.35. The first kappa shape index (κ1) is 12.4. The Hall–Kier alpha value is -0.690. The molecule has 0 atom stereocenters. The summed E-state index contributed by atoms with van der Waals surface area (Å²) in [5, 5.41) is 12.5. The van der Waals surface area contributed by atoms with Gasteiger partial charge in [0, 0.05) is 0 Å². The van der Waals surface area contributed by atoms with Crippen LogP contribution in [0, 0.1) is 0 Å². The van der Waals surface area contributed by atoms with E-state index in [1.54, 1.807) is 11.8 Å². The lowest BCUT2D eigenvalue weighted by atomic mass is 10.6. The van der Waals surface area contributed by atoms with Crippen molar-refractivity contribution in [3.63, 3.8) is 0 Å². The Balaban J connectivity index is 2.32. The van der Waals surface area contributed by atoms with Gasteiger partial charge < -0.3 is 9.63 Å². The highest BCUT2D eigenvalue weighted by Gasteiger charge is 2.08. The second kappa shape index (κ2) is 6.73. The van der Waals surface area contributed by atoms with E-state index in [9.17, 15) is 4.79 Å². The van der Waals surface area contributed by atoms with Crippen molar-refractivity contribution in [2.75, 3.05) is 11.5 Å². The Kier molecular flexibility index (Phi) is 5.56. The number of hydrogen-bond donors (Lipinski definition) is 1. The average Bonchev–Trinajstić information content (AvgIpc) is 2.63. The number of hydrogen-bond acceptors (Lipinski definition) is 6. The molecule has 0 unspecified atom stereocenters. The summed E-state index contributed by atoms with van der Waals surface area (Å²) in [4.78, 5) is 14.3. The number of rotatable bonds is 7. The van der Waals surface area contributed by atoms with Crippen LogP contribution in [0.5, 0.6) is 0 Å². The van der Waals surface area contributed by atoms with Gasteiger partial charge in [-0.3, -0.25) is 4.79 Å². The quantitative estimate of drug-likeness (QED) is 0.583. The Bertz CT molecular complexity index is 317. The van der Waals surface area contributed by atoms with E-state index < -0.39 is 5.97 Å². The molecule has 15 heavy (non-hydrogen) atoms. The van der Waals surface area contributed by atoms with Gasteiger partial charge in [0.15, 0.2) is 5.82 Å². The topological polar surface area (TPSA) is 76.2 Å². The van der Waals surface area contributed by atoms with Gasteiger partial charge in [0.1, 0.15) is 5.75 Å². The van der Waals surface area contributed by atoms with Gasteiger partial charge in [-0.15, -0.1) is 0 Å². The van der Waals surface area contributed by atoms with Crippen LogP contribution in [0.25, 0.3) is 0 Å². The molecule has 0 aromatic carbocycles. The van der Waals surface area contributed by atoms with Gasteiger partial charge in [0.25, 0.3) is 5.22 Å². The summed E-state index contributed by atoms with van der Waals surface area (Å²) in [6.07, 6.45) is 1.11. The number of aliphatic carboxylic acids is 1. The number of nitrogens with zero attached hydrogens (tertiary/aromatic N) is 2. The van der Waals surface area contributed by atoms with Crippen LogP contribution in [0.4, 0.5) is 0 Å². The predicted octanol–water partition coefficient (Wildman–Crippen LogP) is 1.89. The van der Waals surface area contributed by atoms with Gasteiger partial charge in [0.05, 0.1) is 5.75 Å². The summed E-state index contributed by atoms with van der Waals surface area (Å²) >= 11 is 2.77. The van der Waals surface area contributed by atoms with Crippen LogP contribution in [0.15, 0.2) is 9.75 Å². The average molecular weight is 248 g/mol. The molecule has 1 aromatic heterocycles. The molecule has 0 spiro atoms. The molecule has 5 nitrogen and oxygen atoms in total. The summed E-state index contributed by atoms with van der Waals surface area (Å²) in [7, 11) is 0. The lowest BCUT2D eigenvalue weighted by Gasteiger charge is -1.91. The first-order valence-electron chi connectivity index (χ1n) is 4.47. The van der Waals surface area contributed by atoms with Gasteiger partial charge in [-0.2, -0.15) is 16.7 Å². The third kappa shape index (κ3) is 5.08. The lowest BCUT2D eigenvalue weighted by Crippen LogP contribution is -1.97. The molecule has 1 rings (SSSR count). The molecule has 84 valence electrons. The standard InChI is InChI=1S/C8H12N2O3S2/c1-2-3-14-4-6-9-8(13-10-6)15-5-7(11)12/h2-5H2,1H3,(H,11,12). The van der Waals surface area contributed by atoms with Crippen LogP contribution in [0.2, 0.25) is 0 Å². The second-order valence-corrected chi connectivity index (χ2v) is 4.74.